The minimum atomic E-state index is -0.546. The molecule has 1 aliphatic heterocycles. The van der Waals surface area contributed by atoms with E-state index in [1.807, 2.05) is 12.2 Å². The molecular formula is C22H23ClN2O6. The van der Waals surface area contributed by atoms with Crippen molar-refractivity contribution in [3.8, 4) is 11.5 Å². The minimum absolute atomic E-state index is 0.101. The molecule has 0 spiro atoms. The number of ether oxygens (including phenoxy) is 3. The van der Waals surface area contributed by atoms with Crippen LogP contribution in [-0.2, 0) is 19.1 Å². The highest BCUT2D eigenvalue weighted by molar-refractivity contribution is 6.31. The molecule has 1 saturated carbocycles. The molecule has 1 heterocycles. The highest BCUT2D eigenvalue weighted by atomic mass is 35.5. The molecule has 9 heteroatoms. The highest BCUT2D eigenvalue weighted by Crippen LogP contribution is 2.52. The van der Waals surface area contributed by atoms with E-state index in [2.05, 4.69) is 5.10 Å². The van der Waals surface area contributed by atoms with Crippen LogP contribution in [0.5, 0.6) is 11.5 Å². The summed E-state index contributed by atoms with van der Waals surface area (Å²) < 4.78 is 16.0. The standard InChI is InChI=1S/C22H23ClN2O6/c1-11(2)31-17(26)10-30-20-14(7-15(23)8-16(20)29-3)9-24-25-21(27)18-12-4-5-13(6-12)19(18)22(25)28/h4-5,7-9,11-13,18-19H,6,10H2,1-3H3. The van der Waals surface area contributed by atoms with Crippen molar-refractivity contribution in [2.75, 3.05) is 13.7 Å². The molecule has 2 aliphatic carbocycles. The number of carbonyl (C=O) groups excluding carboxylic acids is 3. The van der Waals surface area contributed by atoms with Gasteiger partial charge in [0.2, 0.25) is 0 Å². The zero-order valence-electron chi connectivity index (χ0n) is 17.4. The number of esters is 1. The molecule has 2 bridgehead atoms. The maximum absolute atomic E-state index is 12.8. The second-order valence-electron chi connectivity index (χ2n) is 8.09. The fourth-order valence-corrected chi connectivity index (χ4v) is 4.76. The Hall–Kier alpha value is -2.87. The van der Waals surface area contributed by atoms with Gasteiger partial charge in [-0.15, -0.1) is 0 Å². The molecule has 3 aliphatic rings. The lowest BCUT2D eigenvalue weighted by atomic mass is 9.85. The highest BCUT2D eigenvalue weighted by Gasteiger charge is 2.59. The van der Waals surface area contributed by atoms with Crippen molar-refractivity contribution in [2.45, 2.75) is 26.4 Å². The van der Waals surface area contributed by atoms with Crippen molar-refractivity contribution >= 4 is 35.6 Å². The molecule has 0 N–H and O–H groups in total. The first-order valence-electron chi connectivity index (χ1n) is 10.1. The Bertz CT molecular complexity index is 958. The largest absolute Gasteiger partial charge is 0.493 e. The monoisotopic (exact) mass is 446 g/mol. The number of imide groups is 1. The number of amides is 2. The predicted octanol–water partition coefficient (Wildman–Crippen LogP) is 2.82. The van der Waals surface area contributed by atoms with Crippen LogP contribution in [0.1, 0.15) is 25.8 Å². The number of methoxy groups -OCH3 is 1. The molecule has 8 nitrogen and oxygen atoms in total. The Morgan fingerprint density at radius 1 is 1.23 bits per heavy atom. The lowest BCUT2D eigenvalue weighted by Gasteiger charge is -2.15. The lowest BCUT2D eigenvalue weighted by molar-refractivity contribution is -0.149. The number of hydrogen-bond donors (Lipinski definition) is 0. The summed E-state index contributed by atoms with van der Waals surface area (Å²) in [6, 6.07) is 3.08. The first-order valence-corrected chi connectivity index (χ1v) is 10.5. The minimum Gasteiger partial charge on any atom is -0.493 e. The van der Waals surface area contributed by atoms with Gasteiger partial charge in [0.1, 0.15) is 0 Å². The van der Waals surface area contributed by atoms with Gasteiger partial charge in [-0.1, -0.05) is 23.8 Å². The number of hydrazone groups is 1. The average Bonchev–Trinajstić information content (AvgIpc) is 3.39. The third-order valence-corrected chi connectivity index (χ3v) is 5.95. The Balaban J connectivity index is 1.57. The van der Waals surface area contributed by atoms with Crippen LogP contribution in [0.4, 0.5) is 0 Å². The zero-order valence-corrected chi connectivity index (χ0v) is 18.2. The van der Waals surface area contributed by atoms with E-state index in [1.165, 1.54) is 19.4 Å². The fourth-order valence-electron chi connectivity index (χ4n) is 4.54. The molecule has 1 saturated heterocycles. The number of nitrogens with zero attached hydrogens (tertiary/aromatic N) is 2. The molecule has 4 atom stereocenters. The van der Waals surface area contributed by atoms with Crippen LogP contribution in [-0.4, -0.2) is 48.8 Å². The summed E-state index contributed by atoms with van der Waals surface area (Å²) in [5, 5.41) is 5.44. The molecule has 4 unspecified atom stereocenters. The summed E-state index contributed by atoms with van der Waals surface area (Å²) in [5.74, 6) is -1.12. The van der Waals surface area contributed by atoms with Gasteiger partial charge in [-0.3, -0.25) is 9.59 Å². The van der Waals surface area contributed by atoms with Crippen molar-refractivity contribution in [3.05, 3.63) is 34.9 Å². The van der Waals surface area contributed by atoms with E-state index in [-0.39, 0.29) is 59.7 Å². The number of carbonyl (C=O) groups is 3. The van der Waals surface area contributed by atoms with Crippen LogP contribution >= 0.6 is 11.6 Å². The molecule has 164 valence electrons. The number of benzene rings is 1. The topological polar surface area (TPSA) is 94.5 Å². The van der Waals surface area contributed by atoms with Gasteiger partial charge >= 0.3 is 5.97 Å². The van der Waals surface area contributed by atoms with Gasteiger partial charge in [-0.2, -0.15) is 10.1 Å². The smallest absolute Gasteiger partial charge is 0.344 e. The maximum Gasteiger partial charge on any atom is 0.344 e. The second kappa shape index (κ2) is 8.34. The van der Waals surface area contributed by atoms with Crippen LogP contribution in [0, 0.1) is 23.7 Å². The molecule has 4 rings (SSSR count). The van der Waals surface area contributed by atoms with E-state index in [0.29, 0.717) is 10.6 Å². The molecule has 0 aromatic heterocycles. The fraction of sp³-hybridized carbons (Fsp3) is 0.455. The molecule has 2 fully saturated rings. The number of rotatable bonds is 7. The van der Waals surface area contributed by atoms with E-state index in [9.17, 15) is 14.4 Å². The maximum atomic E-state index is 12.8. The molecule has 1 aromatic carbocycles. The first kappa shape index (κ1) is 21.4. The van der Waals surface area contributed by atoms with Gasteiger partial charge < -0.3 is 14.2 Å². The number of allylic oxidation sites excluding steroid dienone is 2. The third kappa shape index (κ3) is 3.92. The van der Waals surface area contributed by atoms with Crippen molar-refractivity contribution in [2.24, 2.45) is 28.8 Å². The summed E-state index contributed by atoms with van der Waals surface area (Å²) in [6.07, 6.45) is 5.94. The van der Waals surface area contributed by atoms with E-state index in [1.54, 1.807) is 19.9 Å². The predicted molar refractivity (Wildman–Crippen MR) is 112 cm³/mol. The summed E-state index contributed by atoms with van der Waals surface area (Å²) in [5.41, 5.74) is 0.362. The molecular weight excluding hydrogens is 424 g/mol. The Morgan fingerprint density at radius 2 is 1.87 bits per heavy atom. The van der Waals surface area contributed by atoms with Crippen LogP contribution in [0.3, 0.4) is 0 Å². The van der Waals surface area contributed by atoms with Gasteiger partial charge in [-0.05, 0) is 38.2 Å². The SMILES string of the molecule is COc1cc(Cl)cc(C=NN2C(=O)C3C4C=CC(C4)C3C2=O)c1OCC(=O)OC(C)C. The van der Waals surface area contributed by atoms with Gasteiger partial charge in [0.15, 0.2) is 18.1 Å². The number of hydrogen-bond acceptors (Lipinski definition) is 7. The van der Waals surface area contributed by atoms with Crippen LogP contribution in [0.15, 0.2) is 29.4 Å². The summed E-state index contributed by atoms with van der Waals surface area (Å²) in [4.78, 5) is 37.5. The van der Waals surface area contributed by atoms with Crippen LogP contribution < -0.4 is 9.47 Å². The zero-order chi connectivity index (χ0) is 22.3. The van der Waals surface area contributed by atoms with E-state index in [0.717, 1.165) is 11.4 Å². The Kier molecular flexibility index (Phi) is 5.75. The van der Waals surface area contributed by atoms with Crippen LogP contribution in [0.2, 0.25) is 5.02 Å². The van der Waals surface area contributed by atoms with Crippen LogP contribution in [0.25, 0.3) is 0 Å². The summed E-state index contributed by atoms with van der Waals surface area (Å²) >= 11 is 6.16. The van der Waals surface area contributed by atoms with E-state index < -0.39 is 5.97 Å². The van der Waals surface area contributed by atoms with Gasteiger partial charge in [0.25, 0.3) is 11.8 Å². The Labute approximate surface area is 184 Å². The Morgan fingerprint density at radius 3 is 2.45 bits per heavy atom. The normalized spacial score (nSPS) is 26.3. The molecule has 1 aromatic rings. The molecule has 2 amide bonds. The molecule has 31 heavy (non-hydrogen) atoms. The van der Waals surface area contributed by atoms with Gasteiger partial charge in [0, 0.05) is 16.7 Å². The van der Waals surface area contributed by atoms with Gasteiger partial charge in [-0.25, -0.2) is 4.79 Å². The summed E-state index contributed by atoms with van der Waals surface area (Å²) in [6.45, 7) is 3.12. The van der Waals surface area contributed by atoms with Crippen molar-refractivity contribution < 1.29 is 28.6 Å². The first-order chi connectivity index (χ1) is 14.8. The van der Waals surface area contributed by atoms with Crippen molar-refractivity contribution in [1.82, 2.24) is 5.01 Å². The molecule has 0 radical (unpaired) electrons. The number of fused-ring (bicyclic) bond motifs is 5. The second-order valence-corrected chi connectivity index (χ2v) is 8.52. The van der Waals surface area contributed by atoms with E-state index >= 15 is 0 Å². The van der Waals surface area contributed by atoms with Crippen molar-refractivity contribution in [1.29, 1.82) is 0 Å². The quantitative estimate of drug-likeness (QED) is 0.276. The van der Waals surface area contributed by atoms with Crippen molar-refractivity contribution in [3.63, 3.8) is 0 Å². The van der Waals surface area contributed by atoms with Gasteiger partial charge in [0.05, 0.1) is 31.3 Å². The average molecular weight is 447 g/mol. The number of halogens is 1. The third-order valence-electron chi connectivity index (χ3n) is 5.73. The summed E-state index contributed by atoms with van der Waals surface area (Å²) in [7, 11) is 1.43. The van der Waals surface area contributed by atoms with E-state index in [4.69, 9.17) is 25.8 Å². The lowest BCUT2D eigenvalue weighted by Crippen LogP contribution is -2.28.